The van der Waals surface area contributed by atoms with Crippen LogP contribution in [0.2, 0.25) is 0 Å². The largest absolute Gasteiger partial charge is 0.375 e. The fraction of sp³-hybridized carbons (Fsp3) is 0.167. The molecule has 30 heavy (non-hydrogen) atoms. The number of hydrogen-bond donors (Lipinski definition) is 2. The first-order valence-electron chi connectivity index (χ1n) is 9.87. The van der Waals surface area contributed by atoms with Gasteiger partial charge in [-0.1, -0.05) is 42.1 Å². The zero-order valence-electron chi connectivity index (χ0n) is 16.7. The molecule has 0 aromatic heterocycles. The third kappa shape index (κ3) is 4.66. The molecule has 0 unspecified atom stereocenters. The highest BCUT2D eigenvalue weighted by molar-refractivity contribution is 7.99. The van der Waals surface area contributed by atoms with Crippen molar-refractivity contribution in [2.75, 3.05) is 28.6 Å². The van der Waals surface area contributed by atoms with E-state index in [-0.39, 0.29) is 18.4 Å². The zero-order chi connectivity index (χ0) is 20.9. The Labute approximate surface area is 180 Å². The maximum absolute atomic E-state index is 12.5. The Morgan fingerprint density at radius 1 is 1.00 bits per heavy atom. The highest BCUT2D eigenvalue weighted by atomic mass is 32.2. The summed E-state index contributed by atoms with van der Waals surface area (Å²) >= 11 is 1.66. The van der Waals surface area contributed by atoms with Crippen molar-refractivity contribution in [2.24, 2.45) is 0 Å². The normalized spacial score (nSPS) is 12.4. The lowest BCUT2D eigenvalue weighted by Crippen LogP contribution is -2.25. The average molecular weight is 418 g/mol. The number of hydrogen-bond acceptors (Lipinski definition) is 4. The van der Waals surface area contributed by atoms with E-state index in [2.05, 4.69) is 22.8 Å². The van der Waals surface area contributed by atoms with Crippen LogP contribution in [0, 0.1) is 0 Å². The van der Waals surface area contributed by atoms with Crippen molar-refractivity contribution in [3.8, 4) is 0 Å². The SMILES string of the molecule is CC(=O)N1CCc2cc(NC(=O)CNc3ccccc3Sc3ccccc3)ccc21. The van der Waals surface area contributed by atoms with Crippen LogP contribution in [-0.2, 0) is 16.0 Å². The van der Waals surface area contributed by atoms with E-state index in [0.717, 1.165) is 38.8 Å². The van der Waals surface area contributed by atoms with E-state index < -0.39 is 0 Å². The van der Waals surface area contributed by atoms with Gasteiger partial charge in [-0.3, -0.25) is 9.59 Å². The lowest BCUT2D eigenvalue weighted by atomic mass is 10.1. The molecule has 3 aromatic carbocycles. The van der Waals surface area contributed by atoms with Crippen LogP contribution in [0.15, 0.2) is 82.6 Å². The lowest BCUT2D eigenvalue weighted by Gasteiger charge is -2.15. The van der Waals surface area contributed by atoms with E-state index in [1.54, 1.807) is 23.6 Å². The Hall–Kier alpha value is -3.25. The van der Waals surface area contributed by atoms with E-state index in [9.17, 15) is 9.59 Å². The first kappa shape index (κ1) is 20.0. The summed E-state index contributed by atoms with van der Waals surface area (Å²) in [6.07, 6.45) is 0.807. The molecule has 0 atom stereocenters. The van der Waals surface area contributed by atoms with Crippen molar-refractivity contribution < 1.29 is 9.59 Å². The Kier molecular flexibility index (Phi) is 6.05. The third-order valence-corrected chi connectivity index (χ3v) is 6.02. The van der Waals surface area contributed by atoms with Gasteiger partial charge in [0.05, 0.1) is 6.54 Å². The zero-order valence-corrected chi connectivity index (χ0v) is 17.5. The van der Waals surface area contributed by atoms with Gasteiger partial charge < -0.3 is 15.5 Å². The van der Waals surface area contributed by atoms with E-state index in [1.807, 2.05) is 60.7 Å². The quantitative estimate of drug-likeness (QED) is 0.605. The van der Waals surface area contributed by atoms with Gasteiger partial charge in [0.1, 0.15) is 0 Å². The molecule has 3 aromatic rings. The summed E-state index contributed by atoms with van der Waals surface area (Å²) in [5.41, 5.74) is 3.69. The van der Waals surface area contributed by atoms with Gasteiger partial charge in [-0.05, 0) is 54.4 Å². The maximum atomic E-state index is 12.5. The Morgan fingerprint density at radius 3 is 2.57 bits per heavy atom. The first-order valence-corrected chi connectivity index (χ1v) is 10.7. The molecule has 0 fully saturated rings. The molecule has 0 spiro atoms. The van der Waals surface area contributed by atoms with E-state index in [1.165, 1.54) is 0 Å². The highest BCUT2D eigenvalue weighted by Crippen LogP contribution is 2.33. The second-order valence-electron chi connectivity index (χ2n) is 7.08. The molecular weight excluding hydrogens is 394 g/mol. The summed E-state index contributed by atoms with van der Waals surface area (Å²) < 4.78 is 0. The second-order valence-corrected chi connectivity index (χ2v) is 8.19. The van der Waals surface area contributed by atoms with Crippen molar-refractivity contribution in [1.29, 1.82) is 0 Å². The molecule has 1 aliphatic heterocycles. The molecule has 1 aliphatic rings. The molecule has 0 bridgehead atoms. The van der Waals surface area contributed by atoms with Crippen molar-refractivity contribution in [3.63, 3.8) is 0 Å². The summed E-state index contributed by atoms with van der Waals surface area (Å²) in [6, 6.07) is 23.8. The maximum Gasteiger partial charge on any atom is 0.243 e. The summed E-state index contributed by atoms with van der Waals surface area (Å²) in [6.45, 7) is 2.44. The molecule has 2 amide bonds. The van der Waals surface area contributed by atoms with Crippen molar-refractivity contribution in [1.82, 2.24) is 0 Å². The minimum Gasteiger partial charge on any atom is -0.375 e. The van der Waals surface area contributed by atoms with Gasteiger partial charge >= 0.3 is 0 Å². The molecule has 0 saturated carbocycles. The molecule has 4 rings (SSSR count). The molecule has 1 heterocycles. The first-order chi connectivity index (χ1) is 14.6. The Morgan fingerprint density at radius 2 is 1.77 bits per heavy atom. The fourth-order valence-corrected chi connectivity index (χ4v) is 4.45. The smallest absolute Gasteiger partial charge is 0.243 e. The number of carbonyl (C=O) groups is 2. The van der Waals surface area contributed by atoms with Crippen LogP contribution in [0.3, 0.4) is 0 Å². The summed E-state index contributed by atoms with van der Waals surface area (Å²) in [5.74, 6) is -0.0716. The predicted molar refractivity (Wildman–Crippen MR) is 122 cm³/mol. The van der Waals surface area contributed by atoms with Crippen molar-refractivity contribution in [2.45, 2.75) is 23.1 Å². The monoisotopic (exact) mass is 417 g/mol. The number of benzene rings is 3. The number of carbonyl (C=O) groups excluding carboxylic acids is 2. The van der Waals surface area contributed by atoms with Crippen LogP contribution in [0.1, 0.15) is 12.5 Å². The predicted octanol–water partition coefficient (Wildman–Crippen LogP) is 4.80. The number of nitrogens with zero attached hydrogens (tertiary/aromatic N) is 1. The van der Waals surface area contributed by atoms with Crippen LogP contribution in [0.25, 0.3) is 0 Å². The molecule has 0 radical (unpaired) electrons. The number of rotatable bonds is 6. The van der Waals surface area contributed by atoms with E-state index >= 15 is 0 Å². The molecule has 5 nitrogen and oxygen atoms in total. The van der Waals surface area contributed by atoms with Gasteiger partial charge in [0.15, 0.2) is 0 Å². The summed E-state index contributed by atoms with van der Waals surface area (Å²) in [7, 11) is 0. The molecule has 2 N–H and O–H groups in total. The standard InChI is InChI=1S/C24H23N3O2S/c1-17(28)27-14-13-18-15-19(11-12-22(18)27)26-24(29)16-25-21-9-5-6-10-23(21)30-20-7-3-2-4-8-20/h2-12,15,25H,13-14,16H2,1H3,(H,26,29). The molecule has 0 saturated heterocycles. The Balaban J connectivity index is 1.38. The molecule has 6 heteroatoms. The number of fused-ring (bicyclic) bond motifs is 1. The Bertz CT molecular complexity index is 1070. The second kappa shape index (κ2) is 9.05. The topological polar surface area (TPSA) is 61.4 Å². The number of para-hydroxylation sites is 1. The van der Waals surface area contributed by atoms with Gasteiger partial charge in [-0.25, -0.2) is 0 Å². The van der Waals surface area contributed by atoms with Crippen LogP contribution in [0.5, 0.6) is 0 Å². The molecular formula is C24H23N3O2S. The van der Waals surface area contributed by atoms with Crippen LogP contribution >= 0.6 is 11.8 Å². The summed E-state index contributed by atoms with van der Waals surface area (Å²) in [5, 5.41) is 6.19. The van der Waals surface area contributed by atoms with Gasteiger partial charge in [0, 0.05) is 40.3 Å². The molecule has 0 aliphatic carbocycles. The van der Waals surface area contributed by atoms with E-state index in [4.69, 9.17) is 0 Å². The van der Waals surface area contributed by atoms with Gasteiger partial charge in [-0.2, -0.15) is 0 Å². The summed E-state index contributed by atoms with van der Waals surface area (Å²) in [4.78, 5) is 28.1. The third-order valence-electron chi connectivity index (χ3n) is 4.94. The lowest BCUT2D eigenvalue weighted by molar-refractivity contribution is -0.116. The van der Waals surface area contributed by atoms with E-state index in [0.29, 0.717) is 6.54 Å². The van der Waals surface area contributed by atoms with Crippen LogP contribution < -0.4 is 15.5 Å². The van der Waals surface area contributed by atoms with Crippen LogP contribution in [0.4, 0.5) is 17.1 Å². The van der Waals surface area contributed by atoms with Gasteiger partial charge in [-0.15, -0.1) is 0 Å². The van der Waals surface area contributed by atoms with Gasteiger partial charge in [0.2, 0.25) is 11.8 Å². The average Bonchev–Trinajstić information content (AvgIpc) is 3.17. The highest BCUT2D eigenvalue weighted by Gasteiger charge is 2.22. The van der Waals surface area contributed by atoms with Crippen LogP contribution in [-0.4, -0.2) is 24.9 Å². The molecule has 152 valence electrons. The number of amides is 2. The van der Waals surface area contributed by atoms with Crippen molar-refractivity contribution in [3.05, 3.63) is 78.4 Å². The van der Waals surface area contributed by atoms with Crippen molar-refractivity contribution >= 4 is 40.6 Å². The van der Waals surface area contributed by atoms with Gasteiger partial charge in [0.25, 0.3) is 0 Å². The fourth-order valence-electron chi connectivity index (χ4n) is 3.50. The number of anilines is 3. The number of nitrogens with one attached hydrogen (secondary N) is 2. The minimum absolute atomic E-state index is 0.0433. The minimum atomic E-state index is -0.115.